The van der Waals surface area contributed by atoms with E-state index in [2.05, 4.69) is 29.6 Å². The average molecular weight is 405 g/mol. The summed E-state index contributed by atoms with van der Waals surface area (Å²) in [6, 6.07) is 2.36. The van der Waals surface area contributed by atoms with Gasteiger partial charge in [0.1, 0.15) is 0 Å². The molecule has 0 aliphatic carbocycles. The molecule has 28 heavy (non-hydrogen) atoms. The number of halogens is 5. The molecule has 0 aliphatic heterocycles. The monoisotopic (exact) mass is 405 g/mol. The van der Waals surface area contributed by atoms with Gasteiger partial charge in [-0.1, -0.05) is 0 Å². The van der Waals surface area contributed by atoms with Gasteiger partial charge in [0, 0.05) is 24.0 Å². The van der Waals surface area contributed by atoms with E-state index in [1.54, 1.807) is 0 Å². The lowest BCUT2D eigenvalue weighted by Crippen LogP contribution is -2.34. The lowest BCUT2D eigenvalue weighted by molar-refractivity contribution is -0.265. The minimum absolute atomic E-state index is 0.0411. The van der Waals surface area contributed by atoms with Crippen molar-refractivity contribution in [3.05, 3.63) is 36.5 Å². The highest BCUT2D eigenvalue weighted by atomic mass is 19.4. The Kier molecular flexibility index (Phi) is 5.12. The fraction of sp³-hybridized carbons (Fsp3) is 0.333. The molecule has 0 fully saturated rings. The van der Waals surface area contributed by atoms with E-state index in [9.17, 15) is 22.0 Å². The third-order valence-electron chi connectivity index (χ3n) is 3.42. The zero-order valence-electron chi connectivity index (χ0n) is 14.1. The molecule has 0 saturated heterocycles. The maximum absolute atomic E-state index is 14.0. The molecule has 3 aromatic rings. The summed E-state index contributed by atoms with van der Waals surface area (Å²) in [6.07, 6.45) is -8.18. The van der Waals surface area contributed by atoms with Crippen molar-refractivity contribution in [1.29, 1.82) is 0 Å². The van der Waals surface area contributed by atoms with Crippen LogP contribution in [0.15, 0.2) is 30.7 Å². The molecule has 0 unspecified atom stereocenters. The van der Waals surface area contributed by atoms with E-state index in [0.29, 0.717) is 0 Å². The van der Waals surface area contributed by atoms with Gasteiger partial charge in [0.2, 0.25) is 11.7 Å². The van der Waals surface area contributed by atoms with Crippen molar-refractivity contribution in [3.63, 3.8) is 0 Å². The predicted octanol–water partition coefficient (Wildman–Crippen LogP) is 2.53. The third-order valence-corrected chi connectivity index (χ3v) is 3.42. The second-order valence-corrected chi connectivity index (χ2v) is 5.37. The van der Waals surface area contributed by atoms with Crippen molar-refractivity contribution in [3.8, 4) is 17.1 Å². The Balaban J connectivity index is 1.89. The first-order valence-electron chi connectivity index (χ1n) is 7.72. The molecule has 0 spiro atoms. The van der Waals surface area contributed by atoms with Gasteiger partial charge in [0.15, 0.2) is 5.65 Å². The maximum Gasteiger partial charge on any atom is 0.452 e. The number of aromatic nitrogens is 5. The standard InChI is InChI=1S/C15H12F5N5O3/c1-2-27-15(19,20)12-24-23-10-6-21-9(7-25(10)12)8-3-4-11(22-5-8)28-13(26)14(16,17)18/h3-7,13,26H,2H2,1H3/t13-/m0/s1. The number of rotatable bonds is 6. The molecule has 0 bridgehead atoms. The number of hydrogen-bond donors (Lipinski definition) is 1. The predicted molar refractivity (Wildman–Crippen MR) is 82.2 cm³/mol. The van der Waals surface area contributed by atoms with Crippen molar-refractivity contribution in [2.45, 2.75) is 25.5 Å². The summed E-state index contributed by atoms with van der Waals surface area (Å²) in [5.41, 5.74) is 0.491. The molecule has 150 valence electrons. The summed E-state index contributed by atoms with van der Waals surface area (Å²) < 4.78 is 74.5. The first kappa shape index (κ1) is 19.8. The Bertz CT molecular complexity index is 961. The largest absolute Gasteiger partial charge is 0.452 e. The van der Waals surface area contributed by atoms with Crippen LogP contribution in [0.4, 0.5) is 22.0 Å². The molecule has 0 saturated carbocycles. The zero-order valence-corrected chi connectivity index (χ0v) is 14.1. The highest BCUT2D eigenvalue weighted by molar-refractivity contribution is 5.59. The van der Waals surface area contributed by atoms with Gasteiger partial charge in [-0.15, -0.1) is 10.2 Å². The van der Waals surface area contributed by atoms with Gasteiger partial charge >= 0.3 is 12.3 Å². The molecule has 1 atom stereocenters. The summed E-state index contributed by atoms with van der Waals surface area (Å²) in [5, 5.41) is 15.9. The minimum Gasteiger partial charge on any atom is -0.438 e. The summed E-state index contributed by atoms with van der Waals surface area (Å²) in [6.45, 7) is 1.14. The molecule has 8 nitrogen and oxygen atoms in total. The molecule has 3 rings (SSSR count). The minimum atomic E-state index is -4.97. The molecular weight excluding hydrogens is 393 g/mol. The van der Waals surface area contributed by atoms with Crippen LogP contribution in [0.25, 0.3) is 16.9 Å². The zero-order chi connectivity index (χ0) is 20.5. The Morgan fingerprint density at radius 1 is 1.11 bits per heavy atom. The Morgan fingerprint density at radius 2 is 1.86 bits per heavy atom. The summed E-state index contributed by atoms with van der Waals surface area (Å²) in [7, 11) is 0. The van der Waals surface area contributed by atoms with Crippen LogP contribution in [0.2, 0.25) is 0 Å². The molecule has 13 heteroatoms. The number of nitrogens with zero attached hydrogens (tertiary/aromatic N) is 5. The SMILES string of the molecule is CCOC(F)(F)c1nnc2cnc(-c3ccc(O[C@H](O)C(F)(F)F)nc3)cn12. The van der Waals surface area contributed by atoms with Crippen LogP contribution < -0.4 is 4.74 Å². The number of ether oxygens (including phenoxy) is 2. The molecular formula is C15H12F5N5O3. The van der Waals surface area contributed by atoms with Crippen LogP contribution in [-0.2, 0) is 10.8 Å². The number of hydrogen-bond acceptors (Lipinski definition) is 7. The number of pyridine rings is 1. The lowest BCUT2D eigenvalue weighted by Gasteiger charge is -2.15. The highest BCUT2D eigenvalue weighted by Gasteiger charge is 2.41. The van der Waals surface area contributed by atoms with E-state index in [4.69, 9.17) is 5.11 Å². The van der Waals surface area contributed by atoms with Gasteiger partial charge in [-0.2, -0.15) is 22.0 Å². The molecule has 0 radical (unpaired) electrons. The van der Waals surface area contributed by atoms with Crippen LogP contribution >= 0.6 is 0 Å². The van der Waals surface area contributed by atoms with E-state index in [-0.39, 0.29) is 23.5 Å². The van der Waals surface area contributed by atoms with E-state index in [1.807, 2.05) is 0 Å². The van der Waals surface area contributed by atoms with Crippen molar-refractivity contribution in [2.24, 2.45) is 0 Å². The fourth-order valence-corrected chi connectivity index (χ4v) is 2.18. The van der Waals surface area contributed by atoms with E-state index in [0.717, 1.165) is 16.7 Å². The third kappa shape index (κ3) is 3.99. The molecule has 0 aromatic carbocycles. The van der Waals surface area contributed by atoms with Crippen molar-refractivity contribution >= 4 is 5.65 Å². The van der Waals surface area contributed by atoms with E-state index < -0.39 is 30.3 Å². The Labute approximate surface area is 153 Å². The molecule has 1 N–H and O–H groups in total. The van der Waals surface area contributed by atoms with Gasteiger partial charge in [-0.3, -0.25) is 9.38 Å². The second-order valence-electron chi connectivity index (χ2n) is 5.37. The topological polar surface area (TPSA) is 94.7 Å². The quantitative estimate of drug-likeness (QED) is 0.498. The fourth-order valence-electron chi connectivity index (χ4n) is 2.18. The van der Waals surface area contributed by atoms with Gasteiger partial charge in [0.05, 0.1) is 18.5 Å². The number of aliphatic hydroxyl groups is 1. The van der Waals surface area contributed by atoms with Crippen molar-refractivity contribution in [1.82, 2.24) is 24.6 Å². The lowest BCUT2D eigenvalue weighted by atomic mass is 10.2. The molecule has 0 aliphatic rings. The summed E-state index contributed by atoms with van der Waals surface area (Å²) >= 11 is 0. The number of alkyl halides is 5. The first-order valence-corrected chi connectivity index (χ1v) is 7.72. The Hall–Kier alpha value is -2.93. The van der Waals surface area contributed by atoms with E-state index in [1.165, 1.54) is 25.4 Å². The van der Waals surface area contributed by atoms with Crippen LogP contribution in [-0.4, -0.2) is 48.7 Å². The number of fused-ring (bicyclic) bond motifs is 1. The van der Waals surface area contributed by atoms with Crippen LogP contribution in [0.1, 0.15) is 12.7 Å². The van der Waals surface area contributed by atoms with Crippen LogP contribution in [0.5, 0.6) is 5.88 Å². The number of aliphatic hydroxyl groups excluding tert-OH is 1. The highest BCUT2D eigenvalue weighted by Crippen LogP contribution is 2.29. The maximum atomic E-state index is 14.0. The van der Waals surface area contributed by atoms with Gasteiger partial charge in [-0.05, 0) is 13.0 Å². The second kappa shape index (κ2) is 7.24. The van der Waals surface area contributed by atoms with Crippen molar-refractivity contribution in [2.75, 3.05) is 6.61 Å². The van der Waals surface area contributed by atoms with Crippen LogP contribution in [0, 0.1) is 0 Å². The average Bonchev–Trinajstić information content (AvgIpc) is 3.05. The summed E-state index contributed by atoms with van der Waals surface area (Å²) in [4.78, 5) is 7.67. The van der Waals surface area contributed by atoms with E-state index >= 15 is 0 Å². The molecule has 3 heterocycles. The summed E-state index contributed by atoms with van der Waals surface area (Å²) in [5.74, 6) is -1.24. The van der Waals surface area contributed by atoms with Crippen molar-refractivity contribution < 1.29 is 36.5 Å². The first-order chi connectivity index (χ1) is 13.1. The Morgan fingerprint density at radius 3 is 2.46 bits per heavy atom. The van der Waals surface area contributed by atoms with Gasteiger partial charge in [-0.25, -0.2) is 4.98 Å². The van der Waals surface area contributed by atoms with Crippen LogP contribution in [0.3, 0.4) is 0 Å². The molecule has 0 amide bonds. The van der Waals surface area contributed by atoms with Gasteiger partial charge < -0.3 is 14.6 Å². The smallest absolute Gasteiger partial charge is 0.438 e. The van der Waals surface area contributed by atoms with Gasteiger partial charge in [0.25, 0.3) is 6.29 Å². The normalized spacial score (nSPS) is 13.7. The molecule has 3 aromatic heterocycles.